The number of hydrogen-bond donors (Lipinski definition) is 0. The van der Waals surface area contributed by atoms with Crippen LogP contribution >= 0.6 is 0 Å². The van der Waals surface area contributed by atoms with Crippen molar-refractivity contribution in [1.82, 2.24) is 0 Å². The molecular weight excluding hydrogens is 296 g/mol. The maximum absolute atomic E-state index is 13.6. The van der Waals surface area contributed by atoms with E-state index in [4.69, 9.17) is 0 Å². The van der Waals surface area contributed by atoms with E-state index in [1.54, 1.807) is 11.0 Å². The second-order valence-corrected chi connectivity index (χ2v) is 5.78. The Balaban J connectivity index is 2.05. The van der Waals surface area contributed by atoms with Crippen molar-refractivity contribution in [3.63, 3.8) is 0 Å². The van der Waals surface area contributed by atoms with Gasteiger partial charge in [0.25, 0.3) is 5.92 Å². The van der Waals surface area contributed by atoms with Gasteiger partial charge in [0.15, 0.2) is 0 Å². The van der Waals surface area contributed by atoms with Gasteiger partial charge in [-0.3, -0.25) is 4.79 Å². The molecule has 23 heavy (non-hydrogen) atoms. The fourth-order valence-electron chi connectivity index (χ4n) is 3.04. The molecule has 0 spiro atoms. The van der Waals surface area contributed by atoms with Gasteiger partial charge in [-0.2, -0.15) is 0 Å². The van der Waals surface area contributed by atoms with Gasteiger partial charge in [0.05, 0.1) is 0 Å². The molecule has 2 aromatic rings. The molecule has 0 N–H and O–H groups in total. The summed E-state index contributed by atoms with van der Waals surface area (Å²) in [6.45, 7) is 4.86. The number of anilines is 1. The number of halogens is 2. The molecule has 0 radical (unpaired) electrons. The van der Waals surface area contributed by atoms with E-state index in [2.05, 4.69) is 6.58 Å². The topological polar surface area (TPSA) is 20.3 Å². The zero-order chi connectivity index (χ0) is 16.6. The number of carbonyl (C=O) groups is 1. The maximum atomic E-state index is 13.6. The molecule has 0 fully saturated rings. The number of para-hydroxylation sites is 1. The van der Waals surface area contributed by atoms with Crippen molar-refractivity contribution in [2.45, 2.75) is 18.8 Å². The number of hydrogen-bond acceptors (Lipinski definition) is 1. The first-order valence-corrected chi connectivity index (χ1v) is 7.43. The number of nitrogens with zero attached hydrogens (tertiary/aromatic N) is 1. The van der Waals surface area contributed by atoms with Crippen LogP contribution < -0.4 is 4.90 Å². The minimum absolute atomic E-state index is 0.0130. The highest BCUT2D eigenvalue weighted by Crippen LogP contribution is 2.41. The summed E-state index contributed by atoms with van der Waals surface area (Å²) in [6.07, 6.45) is 1.27. The van der Waals surface area contributed by atoms with Gasteiger partial charge in [0, 0.05) is 30.6 Å². The first-order valence-electron chi connectivity index (χ1n) is 7.43. The summed E-state index contributed by atoms with van der Waals surface area (Å²) in [6, 6.07) is 14.0. The van der Waals surface area contributed by atoms with Gasteiger partial charge in [-0.05, 0) is 29.3 Å². The van der Waals surface area contributed by atoms with E-state index in [1.165, 1.54) is 18.2 Å². The number of alkyl halides is 2. The van der Waals surface area contributed by atoms with Crippen LogP contribution in [0.4, 0.5) is 14.5 Å². The lowest BCUT2D eigenvalue weighted by Gasteiger charge is -2.17. The second-order valence-electron chi connectivity index (χ2n) is 5.78. The predicted molar refractivity (Wildman–Crippen MR) is 86.8 cm³/mol. The van der Waals surface area contributed by atoms with Crippen LogP contribution in [0.2, 0.25) is 0 Å². The molecule has 118 valence electrons. The highest BCUT2D eigenvalue weighted by atomic mass is 19.3. The van der Waals surface area contributed by atoms with E-state index in [1.807, 2.05) is 30.3 Å². The van der Waals surface area contributed by atoms with Crippen molar-refractivity contribution in [1.29, 1.82) is 0 Å². The number of benzene rings is 2. The molecular formula is C19H17F2NO. The molecule has 0 bridgehead atoms. The summed E-state index contributed by atoms with van der Waals surface area (Å²) in [7, 11) is 0. The minimum Gasteiger partial charge on any atom is -0.308 e. The van der Waals surface area contributed by atoms with Crippen molar-refractivity contribution in [3.05, 3.63) is 77.9 Å². The quantitative estimate of drug-likeness (QED) is 0.766. The Kier molecular flexibility index (Phi) is 3.76. The first kappa shape index (κ1) is 15.4. The summed E-state index contributed by atoms with van der Waals surface area (Å²) in [5.74, 6) is -3.18. The van der Waals surface area contributed by atoms with Gasteiger partial charge >= 0.3 is 0 Å². The number of amides is 1. The normalized spacial score (nSPS) is 17.0. The van der Waals surface area contributed by atoms with E-state index >= 15 is 0 Å². The number of fused-ring (bicyclic) bond motifs is 1. The van der Waals surface area contributed by atoms with E-state index in [0.717, 1.165) is 23.7 Å². The Hall–Kier alpha value is -2.49. The summed E-state index contributed by atoms with van der Waals surface area (Å²) in [5, 5.41) is 0. The maximum Gasteiger partial charge on any atom is 0.270 e. The molecule has 0 saturated carbocycles. The first-order chi connectivity index (χ1) is 10.9. The van der Waals surface area contributed by atoms with Crippen molar-refractivity contribution >= 4 is 11.6 Å². The summed E-state index contributed by atoms with van der Waals surface area (Å²) in [5.41, 5.74) is 2.56. The zero-order valence-electron chi connectivity index (χ0n) is 12.8. The molecule has 0 aromatic heterocycles. The molecule has 1 amide bonds. The number of rotatable bonds is 3. The van der Waals surface area contributed by atoms with Gasteiger partial charge in [0.1, 0.15) is 0 Å². The smallest absolute Gasteiger partial charge is 0.270 e. The SMILES string of the molecule is C=CC(=O)N1C[C@H](c2cccc(C(C)(F)F)c2)c2ccccc21. The summed E-state index contributed by atoms with van der Waals surface area (Å²) in [4.78, 5) is 13.7. The summed E-state index contributed by atoms with van der Waals surface area (Å²) < 4.78 is 27.2. The lowest BCUT2D eigenvalue weighted by atomic mass is 9.91. The van der Waals surface area contributed by atoms with Gasteiger partial charge < -0.3 is 4.90 Å². The lowest BCUT2D eigenvalue weighted by molar-refractivity contribution is -0.114. The van der Waals surface area contributed by atoms with Crippen LogP contribution in [-0.2, 0) is 10.7 Å². The average molecular weight is 313 g/mol. The molecule has 3 rings (SSSR count). The van der Waals surface area contributed by atoms with E-state index in [9.17, 15) is 13.6 Å². The monoisotopic (exact) mass is 313 g/mol. The molecule has 1 heterocycles. The van der Waals surface area contributed by atoms with Crippen LogP contribution in [0.3, 0.4) is 0 Å². The van der Waals surface area contributed by atoms with Crippen LogP contribution in [0.25, 0.3) is 0 Å². The minimum atomic E-state index is -2.88. The van der Waals surface area contributed by atoms with Crippen LogP contribution in [0.5, 0.6) is 0 Å². The Bertz CT molecular complexity index is 764. The van der Waals surface area contributed by atoms with Gasteiger partial charge in [-0.25, -0.2) is 8.78 Å². The van der Waals surface area contributed by atoms with Crippen molar-refractivity contribution in [2.75, 3.05) is 11.4 Å². The summed E-state index contributed by atoms with van der Waals surface area (Å²) >= 11 is 0. The predicted octanol–water partition coefficient (Wildman–Crippen LogP) is 4.46. The zero-order valence-corrected chi connectivity index (χ0v) is 12.8. The Morgan fingerprint density at radius 1 is 1.26 bits per heavy atom. The van der Waals surface area contributed by atoms with Crippen LogP contribution in [0.15, 0.2) is 61.2 Å². The molecule has 2 nitrogen and oxygen atoms in total. The van der Waals surface area contributed by atoms with Gasteiger partial charge in [-0.1, -0.05) is 43.0 Å². The second kappa shape index (κ2) is 5.61. The fourth-order valence-corrected chi connectivity index (χ4v) is 3.04. The largest absolute Gasteiger partial charge is 0.308 e. The molecule has 1 aliphatic heterocycles. The van der Waals surface area contributed by atoms with E-state index in [0.29, 0.717) is 6.54 Å². The molecule has 1 aliphatic rings. The van der Waals surface area contributed by atoms with E-state index < -0.39 is 5.92 Å². The molecule has 0 saturated heterocycles. The highest BCUT2D eigenvalue weighted by Gasteiger charge is 2.33. The van der Waals surface area contributed by atoms with E-state index in [-0.39, 0.29) is 17.4 Å². The van der Waals surface area contributed by atoms with Crippen molar-refractivity contribution in [2.24, 2.45) is 0 Å². The molecule has 2 aromatic carbocycles. The third-order valence-electron chi connectivity index (χ3n) is 4.20. The van der Waals surface area contributed by atoms with Crippen molar-refractivity contribution < 1.29 is 13.6 Å². The standard InChI is InChI=1S/C19H17F2NO/c1-3-18(23)22-12-16(15-9-4-5-10-17(15)22)13-7-6-8-14(11-13)19(2,20)21/h3-11,16H,1,12H2,2H3/t16-/m1/s1. The van der Waals surface area contributed by atoms with Crippen LogP contribution in [0, 0.1) is 0 Å². The van der Waals surface area contributed by atoms with Crippen LogP contribution in [0.1, 0.15) is 29.5 Å². The van der Waals surface area contributed by atoms with Crippen molar-refractivity contribution in [3.8, 4) is 0 Å². The molecule has 1 atom stereocenters. The average Bonchev–Trinajstić information content (AvgIpc) is 2.93. The third-order valence-corrected chi connectivity index (χ3v) is 4.20. The third kappa shape index (κ3) is 2.77. The Labute approximate surface area is 134 Å². The van der Waals surface area contributed by atoms with Gasteiger partial charge in [0.2, 0.25) is 5.91 Å². The Morgan fingerprint density at radius 2 is 2.00 bits per heavy atom. The van der Waals surface area contributed by atoms with Crippen LogP contribution in [-0.4, -0.2) is 12.5 Å². The Morgan fingerprint density at radius 3 is 2.70 bits per heavy atom. The lowest BCUT2D eigenvalue weighted by Crippen LogP contribution is -2.28. The molecule has 4 heteroatoms. The number of carbonyl (C=O) groups excluding carboxylic acids is 1. The highest BCUT2D eigenvalue weighted by molar-refractivity contribution is 6.03. The molecule has 0 unspecified atom stereocenters. The fraction of sp³-hybridized carbons (Fsp3) is 0.211. The van der Waals surface area contributed by atoms with Gasteiger partial charge in [-0.15, -0.1) is 0 Å². The molecule has 0 aliphatic carbocycles.